The lowest BCUT2D eigenvalue weighted by molar-refractivity contribution is 0.0932. The van der Waals surface area contributed by atoms with Crippen molar-refractivity contribution in [1.29, 1.82) is 0 Å². The molecule has 1 aliphatic heterocycles. The number of carbonyl (C=O) groups excluding carboxylic acids is 1. The van der Waals surface area contributed by atoms with Crippen molar-refractivity contribution in [3.8, 4) is 5.75 Å². The van der Waals surface area contributed by atoms with Crippen molar-refractivity contribution in [2.75, 3.05) is 20.2 Å². The standard InChI is InChI=1S/C13H17FN2O2/c1-8-6-15-7-11(8)16-13(17)9-3-4-10(14)12(5-9)18-2/h3-5,8,11,15H,6-7H2,1-2H3,(H,16,17). The number of hydrogen-bond acceptors (Lipinski definition) is 3. The fourth-order valence-electron chi connectivity index (χ4n) is 2.06. The van der Waals surface area contributed by atoms with E-state index in [1.54, 1.807) is 0 Å². The Balaban J connectivity index is 2.09. The Kier molecular flexibility index (Phi) is 3.81. The van der Waals surface area contributed by atoms with Crippen LogP contribution in [0.4, 0.5) is 4.39 Å². The van der Waals surface area contributed by atoms with Crippen LogP contribution in [0.5, 0.6) is 5.75 Å². The molecule has 98 valence electrons. The average molecular weight is 252 g/mol. The van der Waals surface area contributed by atoms with Gasteiger partial charge in [0.25, 0.3) is 5.91 Å². The molecule has 2 unspecified atom stereocenters. The maximum Gasteiger partial charge on any atom is 0.251 e. The Labute approximate surface area is 106 Å². The average Bonchev–Trinajstić information content (AvgIpc) is 2.75. The third-order valence-corrected chi connectivity index (χ3v) is 3.25. The van der Waals surface area contributed by atoms with Gasteiger partial charge in [0, 0.05) is 18.2 Å². The summed E-state index contributed by atoms with van der Waals surface area (Å²) >= 11 is 0. The van der Waals surface area contributed by atoms with Crippen LogP contribution >= 0.6 is 0 Å². The number of methoxy groups -OCH3 is 1. The maximum atomic E-state index is 13.2. The van der Waals surface area contributed by atoms with Crippen LogP contribution in [-0.2, 0) is 0 Å². The van der Waals surface area contributed by atoms with E-state index in [2.05, 4.69) is 17.6 Å². The van der Waals surface area contributed by atoms with E-state index < -0.39 is 5.82 Å². The van der Waals surface area contributed by atoms with Gasteiger partial charge in [-0.05, 0) is 30.7 Å². The Morgan fingerprint density at radius 3 is 2.89 bits per heavy atom. The number of nitrogens with one attached hydrogen (secondary N) is 2. The van der Waals surface area contributed by atoms with Gasteiger partial charge in [0.1, 0.15) is 0 Å². The van der Waals surface area contributed by atoms with Gasteiger partial charge in [-0.1, -0.05) is 6.92 Å². The second-order valence-electron chi connectivity index (χ2n) is 4.56. The van der Waals surface area contributed by atoms with Crippen molar-refractivity contribution in [2.45, 2.75) is 13.0 Å². The molecule has 0 bridgehead atoms. The lowest BCUT2D eigenvalue weighted by Gasteiger charge is -2.16. The first-order chi connectivity index (χ1) is 8.61. The smallest absolute Gasteiger partial charge is 0.251 e. The largest absolute Gasteiger partial charge is 0.494 e. The van der Waals surface area contributed by atoms with Crippen LogP contribution < -0.4 is 15.4 Å². The van der Waals surface area contributed by atoms with E-state index in [4.69, 9.17) is 4.74 Å². The molecule has 1 heterocycles. The Morgan fingerprint density at radius 1 is 1.50 bits per heavy atom. The summed E-state index contributed by atoms with van der Waals surface area (Å²) < 4.78 is 18.1. The van der Waals surface area contributed by atoms with Crippen molar-refractivity contribution in [1.82, 2.24) is 10.6 Å². The molecular formula is C13H17FN2O2. The minimum atomic E-state index is -0.468. The number of benzene rings is 1. The van der Waals surface area contributed by atoms with E-state index in [1.807, 2.05) is 0 Å². The molecule has 0 aliphatic carbocycles. The minimum absolute atomic E-state index is 0.0836. The highest BCUT2D eigenvalue weighted by Crippen LogP contribution is 2.18. The molecule has 0 saturated carbocycles. The highest BCUT2D eigenvalue weighted by Gasteiger charge is 2.25. The number of hydrogen-bond donors (Lipinski definition) is 2. The summed E-state index contributed by atoms with van der Waals surface area (Å²) in [4.78, 5) is 12.0. The summed E-state index contributed by atoms with van der Waals surface area (Å²) in [5.74, 6) is -0.185. The second-order valence-corrected chi connectivity index (χ2v) is 4.56. The van der Waals surface area contributed by atoms with E-state index in [9.17, 15) is 9.18 Å². The zero-order valence-corrected chi connectivity index (χ0v) is 10.5. The lowest BCUT2D eigenvalue weighted by Crippen LogP contribution is -2.39. The summed E-state index contributed by atoms with van der Waals surface area (Å²) in [6.45, 7) is 3.75. The zero-order valence-electron chi connectivity index (χ0n) is 10.5. The molecule has 1 aliphatic rings. The quantitative estimate of drug-likeness (QED) is 0.849. The Bertz CT molecular complexity index is 451. The van der Waals surface area contributed by atoms with Gasteiger partial charge in [0.15, 0.2) is 11.6 Å². The summed E-state index contributed by atoms with van der Waals surface area (Å²) in [5, 5.41) is 6.15. The maximum absolute atomic E-state index is 13.2. The first-order valence-electron chi connectivity index (χ1n) is 5.97. The van der Waals surface area contributed by atoms with E-state index in [0.29, 0.717) is 11.5 Å². The molecule has 18 heavy (non-hydrogen) atoms. The predicted molar refractivity (Wildman–Crippen MR) is 66.2 cm³/mol. The molecule has 1 saturated heterocycles. The summed E-state index contributed by atoms with van der Waals surface area (Å²) in [7, 11) is 1.38. The molecule has 1 aromatic carbocycles. The first kappa shape index (κ1) is 12.8. The topological polar surface area (TPSA) is 50.4 Å². The fourth-order valence-corrected chi connectivity index (χ4v) is 2.06. The van der Waals surface area contributed by atoms with Crippen LogP contribution in [0.2, 0.25) is 0 Å². The number of halogens is 1. The van der Waals surface area contributed by atoms with Gasteiger partial charge in [0.2, 0.25) is 0 Å². The molecule has 5 heteroatoms. The molecule has 2 rings (SSSR count). The molecule has 2 atom stereocenters. The molecule has 1 fully saturated rings. The van der Waals surface area contributed by atoms with Crippen molar-refractivity contribution >= 4 is 5.91 Å². The molecule has 0 spiro atoms. The molecular weight excluding hydrogens is 235 g/mol. The van der Waals surface area contributed by atoms with Gasteiger partial charge in [0.05, 0.1) is 7.11 Å². The van der Waals surface area contributed by atoms with Crippen molar-refractivity contribution < 1.29 is 13.9 Å². The summed E-state index contributed by atoms with van der Waals surface area (Å²) in [5.41, 5.74) is 0.410. The molecule has 1 aromatic rings. The van der Waals surface area contributed by atoms with E-state index in [-0.39, 0.29) is 17.7 Å². The third kappa shape index (κ3) is 2.61. The second kappa shape index (κ2) is 5.35. The van der Waals surface area contributed by atoms with Gasteiger partial charge >= 0.3 is 0 Å². The normalized spacial score (nSPS) is 22.8. The van der Waals surface area contributed by atoms with Crippen LogP contribution in [0.15, 0.2) is 18.2 Å². The monoisotopic (exact) mass is 252 g/mol. The molecule has 1 amide bonds. The van der Waals surface area contributed by atoms with Crippen LogP contribution in [0.3, 0.4) is 0 Å². The van der Waals surface area contributed by atoms with Crippen molar-refractivity contribution in [2.24, 2.45) is 5.92 Å². The molecule has 0 aromatic heterocycles. The third-order valence-electron chi connectivity index (χ3n) is 3.25. The summed E-state index contributed by atoms with van der Waals surface area (Å²) in [6, 6.07) is 4.23. The van der Waals surface area contributed by atoms with E-state index in [1.165, 1.54) is 25.3 Å². The number of rotatable bonds is 3. The van der Waals surface area contributed by atoms with Crippen molar-refractivity contribution in [3.63, 3.8) is 0 Å². The summed E-state index contributed by atoms with van der Waals surface area (Å²) in [6.07, 6.45) is 0. The number of carbonyl (C=O) groups is 1. The van der Waals surface area contributed by atoms with E-state index >= 15 is 0 Å². The van der Waals surface area contributed by atoms with Gasteiger partial charge in [-0.3, -0.25) is 4.79 Å². The molecule has 2 N–H and O–H groups in total. The Hall–Kier alpha value is -1.62. The Morgan fingerprint density at radius 2 is 2.28 bits per heavy atom. The van der Waals surface area contributed by atoms with Crippen LogP contribution in [-0.4, -0.2) is 32.1 Å². The minimum Gasteiger partial charge on any atom is -0.494 e. The number of ether oxygens (including phenoxy) is 1. The zero-order chi connectivity index (χ0) is 13.1. The fraction of sp³-hybridized carbons (Fsp3) is 0.462. The van der Waals surface area contributed by atoms with Gasteiger partial charge in [-0.15, -0.1) is 0 Å². The predicted octanol–water partition coefficient (Wildman–Crippen LogP) is 1.17. The molecule has 4 nitrogen and oxygen atoms in total. The first-order valence-corrected chi connectivity index (χ1v) is 5.97. The van der Waals surface area contributed by atoms with Gasteiger partial charge < -0.3 is 15.4 Å². The van der Waals surface area contributed by atoms with Crippen LogP contribution in [0.1, 0.15) is 17.3 Å². The molecule has 0 radical (unpaired) electrons. The van der Waals surface area contributed by atoms with Crippen LogP contribution in [0.25, 0.3) is 0 Å². The highest BCUT2D eigenvalue weighted by molar-refractivity contribution is 5.94. The van der Waals surface area contributed by atoms with Gasteiger partial charge in [-0.2, -0.15) is 0 Å². The van der Waals surface area contributed by atoms with Crippen LogP contribution in [0, 0.1) is 11.7 Å². The lowest BCUT2D eigenvalue weighted by atomic mass is 10.1. The highest BCUT2D eigenvalue weighted by atomic mass is 19.1. The van der Waals surface area contributed by atoms with Gasteiger partial charge in [-0.25, -0.2) is 4.39 Å². The SMILES string of the molecule is COc1cc(C(=O)NC2CNCC2C)ccc1F. The van der Waals surface area contributed by atoms with Crippen molar-refractivity contribution in [3.05, 3.63) is 29.6 Å². The van der Waals surface area contributed by atoms with E-state index in [0.717, 1.165) is 13.1 Å². The number of amides is 1.